The lowest BCUT2D eigenvalue weighted by Gasteiger charge is -2.20. The van der Waals surface area contributed by atoms with Gasteiger partial charge in [-0.3, -0.25) is 0 Å². The molecule has 40 heavy (non-hydrogen) atoms. The minimum absolute atomic E-state index is 0.137. The van der Waals surface area contributed by atoms with Crippen molar-refractivity contribution >= 4 is 21.5 Å². The van der Waals surface area contributed by atoms with Crippen molar-refractivity contribution in [2.45, 2.75) is 25.7 Å². The van der Waals surface area contributed by atoms with Crippen LogP contribution in [0.3, 0.4) is 0 Å². The van der Waals surface area contributed by atoms with Gasteiger partial charge in [-0.1, -0.05) is 98.8 Å². The molecule has 0 aliphatic heterocycles. The van der Waals surface area contributed by atoms with Crippen LogP contribution in [0, 0.1) is 0 Å². The van der Waals surface area contributed by atoms with E-state index < -0.39 is 0 Å². The van der Waals surface area contributed by atoms with Gasteiger partial charge in [-0.15, -0.1) is 0 Å². The molecule has 0 aromatic heterocycles. The Balaban J connectivity index is 0.000000176. The SMILES string of the molecule is CC(c1c(O)ccc2ccccc12)c1c(O)ccc2ccccc12.CC(c1ccc(O)cc1)c1ccc(O)cc1. The average molecular weight is 529 g/mol. The van der Waals surface area contributed by atoms with Crippen LogP contribution in [-0.4, -0.2) is 20.4 Å². The normalized spacial score (nSPS) is 11.1. The molecule has 4 N–H and O–H groups in total. The van der Waals surface area contributed by atoms with Crippen LogP contribution in [0.15, 0.2) is 121 Å². The van der Waals surface area contributed by atoms with E-state index in [2.05, 4.69) is 6.92 Å². The summed E-state index contributed by atoms with van der Waals surface area (Å²) in [4.78, 5) is 0. The van der Waals surface area contributed by atoms with E-state index in [0.29, 0.717) is 0 Å². The molecule has 0 unspecified atom stereocenters. The minimum Gasteiger partial charge on any atom is -0.508 e. The van der Waals surface area contributed by atoms with E-state index in [1.807, 2.05) is 91.9 Å². The van der Waals surface area contributed by atoms with Crippen LogP contribution in [0.1, 0.15) is 47.9 Å². The van der Waals surface area contributed by atoms with E-state index in [1.54, 1.807) is 36.4 Å². The fraction of sp³-hybridized carbons (Fsp3) is 0.111. The number of hydrogen-bond acceptors (Lipinski definition) is 4. The van der Waals surface area contributed by atoms with E-state index in [9.17, 15) is 20.4 Å². The fourth-order valence-electron chi connectivity index (χ4n) is 5.34. The second-order valence-corrected chi connectivity index (χ2v) is 10.1. The molecule has 0 aliphatic rings. The lowest BCUT2D eigenvalue weighted by atomic mass is 9.85. The number of aromatic hydroxyl groups is 4. The molecule has 0 bridgehead atoms. The van der Waals surface area contributed by atoms with Crippen LogP contribution in [-0.2, 0) is 0 Å². The maximum atomic E-state index is 10.5. The van der Waals surface area contributed by atoms with Gasteiger partial charge in [0.15, 0.2) is 0 Å². The Morgan fingerprint density at radius 1 is 0.400 bits per heavy atom. The van der Waals surface area contributed by atoms with E-state index >= 15 is 0 Å². The first kappa shape index (κ1) is 26.6. The van der Waals surface area contributed by atoms with Crippen molar-refractivity contribution in [3.63, 3.8) is 0 Å². The van der Waals surface area contributed by atoms with Crippen molar-refractivity contribution in [3.8, 4) is 23.0 Å². The quantitative estimate of drug-likeness (QED) is 0.184. The standard InChI is InChI=1S/C22H18O2.C14H14O2/c1-14(21-17-8-4-2-6-15(17)10-12-19(21)23)22-18-9-5-3-7-16(18)11-13-20(22)24;1-10(11-2-6-13(15)7-3-11)12-4-8-14(16)9-5-12/h2-14,23-24H,1H3;2-10,15-16H,1H3. The Kier molecular flexibility index (Phi) is 7.61. The number of fused-ring (bicyclic) bond motifs is 2. The first-order chi connectivity index (χ1) is 19.3. The molecule has 0 saturated carbocycles. The van der Waals surface area contributed by atoms with Gasteiger partial charge in [0.2, 0.25) is 0 Å². The van der Waals surface area contributed by atoms with Gasteiger partial charge >= 0.3 is 0 Å². The molecule has 0 fully saturated rings. The molecular formula is C36H32O4. The van der Waals surface area contributed by atoms with Gasteiger partial charge in [0.1, 0.15) is 23.0 Å². The number of phenols is 4. The van der Waals surface area contributed by atoms with Gasteiger partial charge in [-0.25, -0.2) is 0 Å². The van der Waals surface area contributed by atoms with Crippen LogP contribution < -0.4 is 0 Å². The highest BCUT2D eigenvalue weighted by molar-refractivity contribution is 5.92. The van der Waals surface area contributed by atoms with Gasteiger partial charge in [-0.05, 0) is 69.1 Å². The summed E-state index contributed by atoms with van der Waals surface area (Å²) in [5.74, 6) is 1.19. The molecule has 0 saturated heterocycles. The molecule has 4 nitrogen and oxygen atoms in total. The Labute approximate surface area is 234 Å². The predicted molar refractivity (Wildman–Crippen MR) is 162 cm³/mol. The molecule has 0 radical (unpaired) electrons. The smallest absolute Gasteiger partial charge is 0.120 e. The largest absolute Gasteiger partial charge is 0.508 e. The molecule has 6 aromatic rings. The number of benzene rings is 6. The highest BCUT2D eigenvalue weighted by Crippen LogP contribution is 2.42. The first-order valence-electron chi connectivity index (χ1n) is 13.3. The third kappa shape index (κ3) is 5.43. The zero-order chi connectivity index (χ0) is 28.2. The van der Waals surface area contributed by atoms with Crippen LogP contribution in [0.25, 0.3) is 21.5 Å². The summed E-state index contributed by atoms with van der Waals surface area (Å²) in [5.41, 5.74) is 3.98. The highest BCUT2D eigenvalue weighted by Gasteiger charge is 2.21. The summed E-state index contributed by atoms with van der Waals surface area (Å²) in [5, 5.41) is 43.7. The number of phenolic OH excluding ortho intramolecular Hbond substituents is 4. The van der Waals surface area contributed by atoms with E-state index in [1.165, 1.54) is 0 Å². The Morgan fingerprint density at radius 2 is 0.775 bits per heavy atom. The van der Waals surface area contributed by atoms with Crippen LogP contribution >= 0.6 is 0 Å². The van der Waals surface area contributed by atoms with Crippen LogP contribution in [0.5, 0.6) is 23.0 Å². The molecule has 6 aromatic carbocycles. The monoisotopic (exact) mass is 528 g/mol. The maximum absolute atomic E-state index is 10.5. The van der Waals surface area contributed by atoms with Gasteiger partial charge in [0.05, 0.1) is 0 Å². The second kappa shape index (κ2) is 11.4. The van der Waals surface area contributed by atoms with Crippen LogP contribution in [0.4, 0.5) is 0 Å². The lowest BCUT2D eigenvalue weighted by Crippen LogP contribution is -2.00. The van der Waals surface area contributed by atoms with Crippen molar-refractivity contribution < 1.29 is 20.4 Å². The van der Waals surface area contributed by atoms with E-state index in [0.717, 1.165) is 43.8 Å². The minimum atomic E-state index is -0.137. The molecule has 0 amide bonds. The third-order valence-electron chi connectivity index (χ3n) is 7.55. The van der Waals surface area contributed by atoms with Gasteiger partial charge < -0.3 is 20.4 Å². The highest BCUT2D eigenvalue weighted by atomic mass is 16.3. The molecule has 0 aliphatic carbocycles. The Hall–Kier alpha value is -4.96. The average Bonchev–Trinajstić information content (AvgIpc) is 2.97. The van der Waals surface area contributed by atoms with E-state index in [-0.39, 0.29) is 34.8 Å². The molecule has 0 atom stereocenters. The third-order valence-corrected chi connectivity index (χ3v) is 7.55. The summed E-state index contributed by atoms with van der Waals surface area (Å²) in [7, 11) is 0. The zero-order valence-corrected chi connectivity index (χ0v) is 22.5. The fourth-order valence-corrected chi connectivity index (χ4v) is 5.34. The van der Waals surface area contributed by atoms with Crippen molar-refractivity contribution in [1.82, 2.24) is 0 Å². The van der Waals surface area contributed by atoms with Crippen LogP contribution in [0.2, 0.25) is 0 Å². The first-order valence-corrected chi connectivity index (χ1v) is 13.3. The van der Waals surface area contributed by atoms with Gasteiger partial charge in [0.25, 0.3) is 0 Å². The summed E-state index contributed by atoms with van der Waals surface area (Å²) in [6, 6.07) is 37.7. The molecular weight excluding hydrogens is 496 g/mol. The number of rotatable bonds is 4. The van der Waals surface area contributed by atoms with Gasteiger partial charge in [0, 0.05) is 23.0 Å². The topological polar surface area (TPSA) is 80.9 Å². The summed E-state index contributed by atoms with van der Waals surface area (Å²) >= 11 is 0. The Morgan fingerprint density at radius 3 is 1.18 bits per heavy atom. The second-order valence-electron chi connectivity index (χ2n) is 10.1. The molecule has 200 valence electrons. The maximum Gasteiger partial charge on any atom is 0.120 e. The summed E-state index contributed by atoms with van der Waals surface area (Å²) in [6.45, 7) is 4.13. The number of hydrogen-bond donors (Lipinski definition) is 4. The van der Waals surface area contributed by atoms with Crippen molar-refractivity contribution in [1.29, 1.82) is 0 Å². The molecule has 0 spiro atoms. The Bertz CT molecular complexity index is 1620. The summed E-state index contributed by atoms with van der Waals surface area (Å²) in [6.07, 6.45) is 0. The molecule has 0 heterocycles. The lowest BCUT2D eigenvalue weighted by molar-refractivity contribution is 0.459. The predicted octanol–water partition coefficient (Wildman–Crippen LogP) is 8.81. The van der Waals surface area contributed by atoms with E-state index in [4.69, 9.17) is 0 Å². The van der Waals surface area contributed by atoms with Crippen molar-refractivity contribution in [3.05, 3.63) is 144 Å². The van der Waals surface area contributed by atoms with Gasteiger partial charge in [-0.2, -0.15) is 0 Å². The van der Waals surface area contributed by atoms with Crippen molar-refractivity contribution in [2.24, 2.45) is 0 Å². The zero-order valence-electron chi connectivity index (χ0n) is 22.5. The molecule has 6 rings (SSSR count). The summed E-state index contributed by atoms with van der Waals surface area (Å²) < 4.78 is 0. The van der Waals surface area contributed by atoms with Crippen molar-refractivity contribution in [2.75, 3.05) is 0 Å². The molecule has 4 heteroatoms.